The van der Waals surface area contributed by atoms with E-state index in [1.807, 2.05) is 24.3 Å². The fourth-order valence-corrected chi connectivity index (χ4v) is 2.58. The Kier molecular flexibility index (Phi) is 4.81. The second-order valence-corrected chi connectivity index (χ2v) is 5.27. The summed E-state index contributed by atoms with van der Waals surface area (Å²) < 4.78 is 0. The van der Waals surface area contributed by atoms with Crippen molar-refractivity contribution >= 4 is 28.6 Å². The fourth-order valence-electron chi connectivity index (χ4n) is 1.83. The average molecular weight is 279 g/mol. The van der Waals surface area contributed by atoms with Gasteiger partial charge in [0.25, 0.3) is 5.24 Å². The van der Waals surface area contributed by atoms with Crippen molar-refractivity contribution < 1.29 is 9.59 Å². The lowest BCUT2D eigenvalue weighted by Gasteiger charge is -2.13. The Morgan fingerprint density at radius 2 is 1.95 bits per heavy atom. The smallest absolute Gasteiger partial charge is 0.288 e. The lowest BCUT2D eigenvalue weighted by atomic mass is 10.1. The van der Waals surface area contributed by atoms with Crippen molar-refractivity contribution in [1.29, 1.82) is 0 Å². The number of hydrogen-bond acceptors (Lipinski definition) is 5. The molecule has 6 heteroatoms. The van der Waals surface area contributed by atoms with Crippen molar-refractivity contribution in [2.24, 2.45) is 0 Å². The van der Waals surface area contributed by atoms with Crippen LogP contribution >= 0.6 is 11.8 Å². The number of rotatable bonds is 6. The minimum Gasteiger partial charge on any atom is -0.399 e. The minimum absolute atomic E-state index is 0.0877. The van der Waals surface area contributed by atoms with Gasteiger partial charge >= 0.3 is 0 Å². The third-order valence-corrected chi connectivity index (χ3v) is 3.78. The fraction of sp³-hybridized carbons (Fsp3) is 0.385. The molecule has 2 rings (SSSR count). The zero-order valence-corrected chi connectivity index (χ0v) is 11.4. The summed E-state index contributed by atoms with van der Waals surface area (Å²) in [6.45, 7) is 1.90. The topological polar surface area (TPSA) is 75.4 Å². The van der Waals surface area contributed by atoms with Gasteiger partial charge in [-0.2, -0.15) is 0 Å². The number of anilines is 1. The first-order valence-corrected chi connectivity index (χ1v) is 7.17. The highest BCUT2D eigenvalue weighted by Crippen LogP contribution is 2.17. The molecule has 102 valence electrons. The summed E-state index contributed by atoms with van der Waals surface area (Å²) in [4.78, 5) is 24.0. The van der Waals surface area contributed by atoms with Gasteiger partial charge < -0.3 is 11.1 Å². The molecule has 0 aromatic heterocycles. The van der Waals surface area contributed by atoms with Gasteiger partial charge in [0.05, 0.1) is 5.75 Å². The van der Waals surface area contributed by atoms with Crippen LogP contribution in [0.15, 0.2) is 24.3 Å². The van der Waals surface area contributed by atoms with Crippen molar-refractivity contribution in [3.63, 3.8) is 0 Å². The molecule has 0 atom stereocenters. The number of nitrogen functional groups attached to an aromatic ring is 1. The number of amides is 2. The Balaban J connectivity index is 1.63. The van der Waals surface area contributed by atoms with Crippen LogP contribution in [0.25, 0.3) is 0 Å². The van der Waals surface area contributed by atoms with Gasteiger partial charge in [-0.1, -0.05) is 23.9 Å². The van der Waals surface area contributed by atoms with E-state index in [2.05, 4.69) is 5.32 Å². The summed E-state index contributed by atoms with van der Waals surface area (Å²) >= 11 is 1.07. The van der Waals surface area contributed by atoms with E-state index in [9.17, 15) is 9.59 Å². The van der Waals surface area contributed by atoms with Gasteiger partial charge in [-0.05, 0) is 30.7 Å². The first-order valence-electron chi connectivity index (χ1n) is 6.19. The molecule has 5 nitrogen and oxygen atoms in total. The predicted octanol–water partition coefficient (Wildman–Crippen LogP) is 1.10. The molecular formula is C13H17N3O2S. The molecule has 0 saturated carbocycles. The highest BCUT2D eigenvalue weighted by atomic mass is 32.2. The molecule has 1 fully saturated rings. The first kappa shape index (κ1) is 13.9. The van der Waals surface area contributed by atoms with Gasteiger partial charge in [0, 0.05) is 18.8 Å². The van der Waals surface area contributed by atoms with Crippen LogP contribution < -0.4 is 11.1 Å². The number of nitrogens with one attached hydrogen (secondary N) is 1. The summed E-state index contributed by atoms with van der Waals surface area (Å²) in [5.74, 6) is 0.194. The Morgan fingerprint density at radius 1 is 1.21 bits per heavy atom. The zero-order valence-electron chi connectivity index (χ0n) is 10.6. The number of thioether (sulfide) groups is 1. The van der Waals surface area contributed by atoms with Gasteiger partial charge in [-0.3, -0.25) is 14.5 Å². The van der Waals surface area contributed by atoms with E-state index in [1.165, 1.54) is 10.5 Å². The van der Waals surface area contributed by atoms with Crippen LogP contribution in [-0.4, -0.2) is 41.4 Å². The van der Waals surface area contributed by atoms with Gasteiger partial charge in [0.2, 0.25) is 5.91 Å². The van der Waals surface area contributed by atoms with Crippen molar-refractivity contribution in [2.45, 2.75) is 6.42 Å². The Morgan fingerprint density at radius 3 is 2.58 bits per heavy atom. The van der Waals surface area contributed by atoms with Gasteiger partial charge in [-0.25, -0.2) is 0 Å². The quantitative estimate of drug-likeness (QED) is 0.602. The predicted molar refractivity (Wildman–Crippen MR) is 77.0 cm³/mol. The number of carbonyl (C=O) groups excluding carboxylic acids is 2. The minimum atomic E-state index is -0.134. The highest BCUT2D eigenvalue weighted by Gasteiger charge is 2.28. The SMILES string of the molecule is Nc1ccc(CCNCCN2C(=O)CSC2=O)cc1. The molecule has 1 aromatic carbocycles. The molecule has 2 amide bonds. The second kappa shape index (κ2) is 6.58. The summed E-state index contributed by atoms with van der Waals surface area (Å²) in [7, 11) is 0. The van der Waals surface area contributed by atoms with E-state index in [0.717, 1.165) is 30.4 Å². The van der Waals surface area contributed by atoms with Crippen LogP contribution in [0.5, 0.6) is 0 Å². The largest absolute Gasteiger partial charge is 0.399 e. The van der Waals surface area contributed by atoms with Crippen molar-refractivity contribution in [1.82, 2.24) is 10.2 Å². The summed E-state index contributed by atoms with van der Waals surface area (Å²) in [5.41, 5.74) is 7.59. The summed E-state index contributed by atoms with van der Waals surface area (Å²) in [6.07, 6.45) is 0.900. The monoisotopic (exact) mass is 279 g/mol. The molecule has 1 aliphatic heterocycles. The summed E-state index contributed by atoms with van der Waals surface area (Å²) in [5, 5.41) is 3.10. The van der Waals surface area contributed by atoms with E-state index in [-0.39, 0.29) is 16.9 Å². The standard InChI is InChI=1S/C13H17N3O2S/c14-11-3-1-10(2-4-11)5-6-15-7-8-16-12(17)9-19-13(16)18/h1-4,15H,5-9,14H2. The number of carbonyl (C=O) groups is 2. The van der Waals surface area contributed by atoms with Gasteiger partial charge in [0.15, 0.2) is 0 Å². The van der Waals surface area contributed by atoms with E-state index in [0.29, 0.717) is 13.1 Å². The van der Waals surface area contributed by atoms with Crippen LogP contribution in [0.2, 0.25) is 0 Å². The van der Waals surface area contributed by atoms with E-state index in [4.69, 9.17) is 5.73 Å². The third-order valence-electron chi connectivity index (χ3n) is 2.92. The Labute approximate surface area is 116 Å². The number of benzene rings is 1. The molecule has 19 heavy (non-hydrogen) atoms. The molecule has 0 bridgehead atoms. The summed E-state index contributed by atoms with van der Waals surface area (Å²) in [6, 6.07) is 7.77. The van der Waals surface area contributed by atoms with Crippen molar-refractivity contribution in [3.8, 4) is 0 Å². The molecule has 0 unspecified atom stereocenters. The molecule has 0 aliphatic carbocycles. The molecule has 1 heterocycles. The molecule has 3 N–H and O–H groups in total. The van der Waals surface area contributed by atoms with Crippen LogP contribution in [0.4, 0.5) is 10.5 Å². The van der Waals surface area contributed by atoms with Gasteiger partial charge in [-0.15, -0.1) is 0 Å². The maximum atomic E-state index is 11.3. The molecule has 0 radical (unpaired) electrons. The van der Waals surface area contributed by atoms with Crippen molar-refractivity contribution in [3.05, 3.63) is 29.8 Å². The van der Waals surface area contributed by atoms with E-state index >= 15 is 0 Å². The third kappa shape index (κ3) is 3.97. The highest BCUT2D eigenvalue weighted by molar-refractivity contribution is 8.14. The van der Waals surface area contributed by atoms with Crippen LogP contribution in [0.3, 0.4) is 0 Å². The number of nitrogens with zero attached hydrogens (tertiary/aromatic N) is 1. The second-order valence-electron chi connectivity index (χ2n) is 4.34. The first-order chi connectivity index (χ1) is 9.16. The lowest BCUT2D eigenvalue weighted by Crippen LogP contribution is -2.36. The van der Waals surface area contributed by atoms with E-state index < -0.39 is 0 Å². The molecular weight excluding hydrogens is 262 g/mol. The van der Waals surface area contributed by atoms with E-state index in [1.54, 1.807) is 0 Å². The Hall–Kier alpha value is -1.53. The normalized spacial score (nSPS) is 15.3. The maximum absolute atomic E-state index is 11.3. The van der Waals surface area contributed by atoms with Crippen LogP contribution in [0.1, 0.15) is 5.56 Å². The lowest BCUT2D eigenvalue weighted by molar-refractivity contribution is -0.124. The van der Waals surface area contributed by atoms with Gasteiger partial charge in [0.1, 0.15) is 0 Å². The van der Waals surface area contributed by atoms with Crippen molar-refractivity contribution in [2.75, 3.05) is 31.1 Å². The number of hydrogen-bond donors (Lipinski definition) is 2. The molecule has 1 aromatic rings. The zero-order chi connectivity index (χ0) is 13.7. The molecule has 1 saturated heterocycles. The number of nitrogens with two attached hydrogens (primary N) is 1. The average Bonchev–Trinajstić information content (AvgIpc) is 2.72. The maximum Gasteiger partial charge on any atom is 0.288 e. The van der Waals surface area contributed by atoms with Crippen LogP contribution in [-0.2, 0) is 11.2 Å². The Bertz CT molecular complexity index is 445. The number of imide groups is 1. The molecule has 0 spiro atoms. The van der Waals surface area contributed by atoms with Crippen LogP contribution in [0, 0.1) is 0 Å². The molecule has 1 aliphatic rings.